The van der Waals surface area contributed by atoms with Crippen LogP contribution in [0.3, 0.4) is 0 Å². The van der Waals surface area contributed by atoms with E-state index in [4.69, 9.17) is 0 Å². The van der Waals surface area contributed by atoms with Gasteiger partial charge in [-0.2, -0.15) is 5.26 Å². The number of hydrogen-bond donors (Lipinski definition) is 1. The number of likely N-dealkylation sites (tertiary alicyclic amines) is 1. The summed E-state index contributed by atoms with van der Waals surface area (Å²) in [4.78, 5) is 2.45. The van der Waals surface area contributed by atoms with Crippen LogP contribution in [-0.4, -0.2) is 35.2 Å². The van der Waals surface area contributed by atoms with Crippen LogP contribution in [0.25, 0.3) is 0 Å². The van der Waals surface area contributed by atoms with Gasteiger partial charge in [-0.25, -0.2) is 0 Å². The van der Waals surface area contributed by atoms with Gasteiger partial charge in [-0.1, -0.05) is 26.2 Å². The zero-order valence-corrected chi connectivity index (χ0v) is 12.3. The first-order valence-corrected chi connectivity index (χ1v) is 8.02. The second kappa shape index (κ2) is 6.24. The Morgan fingerprint density at radius 2 is 1.79 bits per heavy atom. The van der Waals surface area contributed by atoms with Gasteiger partial charge in [0, 0.05) is 6.54 Å². The molecule has 1 atom stereocenters. The molecule has 0 aromatic rings. The van der Waals surface area contributed by atoms with E-state index in [1.807, 2.05) is 0 Å². The summed E-state index contributed by atoms with van der Waals surface area (Å²) in [5.74, 6) is 0. The lowest BCUT2D eigenvalue weighted by Gasteiger charge is -2.44. The summed E-state index contributed by atoms with van der Waals surface area (Å²) in [6.45, 7) is 5.36. The third-order valence-electron chi connectivity index (χ3n) is 5.26. The minimum Gasteiger partial charge on any atom is -0.388 e. The fourth-order valence-electron chi connectivity index (χ4n) is 4.03. The van der Waals surface area contributed by atoms with E-state index in [0.29, 0.717) is 0 Å². The highest BCUT2D eigenvalue weighted by Crippen LogP contribution is 2.48. The van der Waals surface area contributed by atoms with Crippen LogP contribution in [0.15, 0.2) is 0 Å². The Bertz CT molecular complexity index is 330. The molecule has 108 valence electrons. The van der Waals surface area contributed by atoms with Gasteiger partial charge in [0.15, 0.2) is 0 Å². The first kappa shape index (κ1) is 14.8. The smallest absolute Gasteiger partial charge is 0.0860 e. The van der Waals surface area contributed by atoms with Crippen molar-refractivity contribution in [1.82, 2.24) is 4.90 Å². The minimum atomic E-state index is -0.745. The van der Waals surface area contributed by atoms with E-state index in [2.05, 4.69) is 17.9 Å². The van der Waals surface area contributed by atoms with E-state index in [1.165, 1.54) is 12.8 Å². The van der Waals surface area contributed by atoms with Crippen molar-refractivity contribution >= 4 is 0 Å². The van der Waals surface area contributed by atoms with Crippen LogP contribution in [0, 0.1) is 16.7 Å². The molecule has 1 N–H and O–H groups in total. The van der Waals surface area contributed by atoms with Crippen molar-refractivity contribution in [2.75, 3.05) is 19.6 Å². The van der Waals surface area contributed by atoms with Crippen LogP contribution in [0.2, 0.25) is 0 Å². The van der Waals surface area contributed by atoms with Gasteiger partial charge in [-0.15, -0.1) is 0 Å². The largest absolute Gasteiger partial charge is 0.388 e. The summed E-state index contributed by atoms with van der Waals surface area (Å²) in [5, 5.41) is 20.9. The van der Waals surface area contributed by atoms with Crippen molar-refractivity contribution in [3.8, 4) is 6.07 Å². The number of nitriles is 1. The van der Waals surface area contributed by atoms with E-state index in [1.54, 1.807) is 0 Å². The van der Waals surface area contributed by atoms with Crippen molar-refractivity contribution in [3.63, 3.8) is 0 Å². The van der Waals surface area contributed by atoms with E-state index >= 15 is 0 Å². The van der Waals surface area contributed by atoms with Crippen LogP contribution in [-0.2, 0) is 0 Å². The third-order valence-corrected chi connectivity index (χ3v) is 5.26. The molecule has 0 amide bonds. The average Bonchev–Trinajstić information content (AvgIpc) is 2.63. The van der Waals surface area contributed by atoms with Gasteiger partial charge in [0.1, 0.15) is 0 Å². The fourth-order valence-corrected chi connectivity index (χ4v) is 4.03. The predicted octanol–water partition coefficient (Wildman–Crippen LogP) is 3.09. The topological polar surface area (TPSA) is 47.3 Å². The Morgan fingerprint density at radius 3 is 2.42 bits per heavy atom. The molecule has 1 saturated heterocycles. The fraction of sp³-hybridized carbons (Fsp3) is 0.938. The molecule has 2 aliphatic rings. The highest BCUT2D eigenvalue weighted by atomic mass is 16.3. The molecule has 1 aliphatic heterocycles. The second-order valence-corrected chi connectivity index (χ2v) is 6.48. The Hall–Kier alpha value is -0.590. The molecule has 0 spiro atoms. The quantitative estimate of drug-likeness (QED) is 0.852. The van der Waals surface area contributed by atoms with Crippen LogP contribution < -0.4 is 0 Å². The summed E-state index contributed by atoms with van der Waals surface area (Å²) in [5.41, 5.74) is -1.21. The SMILES string of the molecule is CCCN1CCCC(O)(C2(C#N)CCCCC2)CC1. The summed E-state index contributed by atoms with van der Waals surface area (Å²) in [7, 11) is 0. The van der Waals surface area contributed by atoms with Crippen molar-refractivity contribution in [1.29, 1.82) is 5.26 Å². The van der Waals surface area contributed by atoms with Crippen LogP contribution in [0.1, 0.15) is 64.7 Å². The zero-order chi connectivity index (χ0) is 13.8. The van der Waals surface area contributed by atoms with E-state index < -0.39 is 11.0 Å². The van der Waals surface area contributed by atoms with E-state index in [-0.39, 0.29) is 0 Å². The second-order valence-electron chi connectivity index (χ2n) is 6.48. The highest BCUT2D eigenvalue weighted by molar-refractivity contribution is 5.13. The number of aliphatic hydroxyl groups is 1. The predicted molar refractivity (Wildman–Crippen MR) is 76.7 cm³/mol. The lowest BCUT2D eigenvalue weighted by Crippen LogP contribution is -2.49. The molecular weight excluding hydrogens is 236 g/mol. The number of rotatable bonds is 3. The van der Waals surface area contributed by atoms with Crippen molar-refractivity contribution in [2.24, 2.45) is 5.41 Å². The van der Waals surface area contributed by atoms with E-state index in [0.717, 1.165) is 64.6 Å². The van der Waals surface area contributed by atoms with Gasteiger partial charge in [0.25, 0.3) is 0 Å². The zero-order valence-electron chi connectivity index (χ0n) is 12.3. The number of nitrogens with zero attached hydrogens (tertiary/aromatic N) is 2. The number of hydrogen-bond acceptors (Lipinski definition) is 3. The average molecular weight is 264 g/mol. The molecule has 0 aromatic heterocycles. The summed E-state index contributed by atoms with van der Waals surface area (Å²) < 4.78 is 0. The molecule has 3 heteroatoms. The third kappa shape index (κ3) is 2.95. The van der Waals surface area contributed by atoms with Crippen molar-refractivity contribution in [2.45, 2.75) is 70.3 Å². The minimum absolute atomic E-state index is 0.465. The lowest BCUT2D eigenvalue weighted by atomic mass is 9.61. The Labute approximate surface area is 117 Å². The molecule has 1 aliphatic carbocycles. The van der Waals surface area contributed by atoms with Crippen molar-refractivity contribution in [3.05, 3.63) is 0 Å². The van der Waals surface area contributed by atoms with Gasteiger partial charge in [0.05, 0.1) is 17.1 Å². The molecule has 0 radical (unpaired) electrons. The van der Waals surface area contributed by atoms with E-state index in [9.17, 15) is 10.4 Å². The van der Waals surface area contributed by atoms with Gasteiger partial charge in [-0.05, 0) is 51.6 Å². The molecule has 1 heterocycles. The van der Waals surface area contributed by atoms with Crippen LogP contribution in [0.5, 0.6) is 0 Å². The summed E-state index contributed by atoms with van der Waals surface area (Å²) >= 11 is 0. The molecule has 3 nitrogen and oxygen atoms in total. The maximum Gasteiger partial charge on any atom is 0.0860 e. The van der Waals surface area contributed by atoms with Gasteiger partial charge in [-0.3, -0.25) is 0 Å². The van der Waals surface area contributed by atoms with Gasteiger partial charge in [0.2, 0.25) is 0 Å². The lowest BCUT2D eigenvalue weighted by molar-refractivity contribution is -0.0824. The standard InChI is InChI=1S/C16H28N2O/c1-2-11-18-12-6-9-16(19,10-13-18)15(14-17)7-4-3-5-8-15/h19H,2-13H2,1H3. The molecule has 0 aromatic carbocycles. The first-order chi connectivity index (χ1) is 9.16. The molecular formula is C16H28N2O. The first-order valence-electron chi connectivity index (χ1n) is 8.02. The Morgan fingerprint density at radius 1 is 1.05 bits per heavy atom. The van der Waals surface area contributed by atoms with Gasteiger partial charge >= 0.3 is 0 Å². The molecule has 0 bridgehead atoms. The Kier molecular flexibility index (Phi) is 4.86. The molecule has 2 fully saturated rings. The molecule has 1 unspecified atom stereocenters. The molecule has 1 saturated carbocycles. The Balaban J connectivity index is 2.10. The molecule has 19 heavy (non-hydrogen) atoms. The maximum atomic E-state index is 11.2. The molecule has 2 rings (SSSR count). The summed E-state index contributed by atoms with van der Waals surface area (Å²) in [6, 6.07) is 2.53. The normalized spacial score (nSPS) is 32.5. The maximum absolute atomic E-state index is 11.2. The van der Waals surface area contributed by atoms with Crippen LogP contribution >= 0.6 is 0 Å². The van der Waals surface area contributed by atoms with Gasteiger partial charge < -0.3 is 10.0 Å². The summed E-state index contributed by atoms with van der Waals surface area (Å²) in [6.07, 6.45) is 9.01. The van der Waals surface area contributed by atoms with Crippen LogP contribution in [0.4, 0.5) is 0 Å². The monoisotopic (exact) mass is 264 g/mol. The van der Waals surface area contributed by atoms with Crippen molar-refractivity contribution < 1.29 is 5.11 Å². The highest BCUT2D eigenvalue weighted by Gasteiger charge is 2.51.